The maximum atomic E-state index is 4.37. The highest BCUT2D eigenvalue weighted by Gasteiger charge is 2.15. The summed E-state index contributed by atoms with van der Waals surface area (Å²) in [5.74, 6) is 1.76. The summed E-state index contributed by atoms with van der Waals surface area (Å²) >= 11 is 1.45. The van der Waals surface area contributed by atoms with Crippen molar-refractivity contribution in [3.8, 4) is 0 Å². The zero-order valence-corrected chi connectivity index (χ0v) is 11.5. The molecule has 4 nitrogen and oxygen atoms in total. The van der Waals surface area contributed by atoms with E-state index in [-0.39, 0.29) is 0 Å². The molecule has 0 atom stereocenters. The van der Waals surface area contributed by atoms with Crippen LogP contribution in [0.1, 0.15) is 37.8 Å². The molecule has 2 aromatic heterocycles. The monoisotopic (exact) mass is 262 g/mol. The minimum atomic E-state index is 0.802. The van der Waals surface area contributed by atoms with Crippen molar-refractivity contribution in [3.63, 3.8) is 0 Å². The third-order valence-corrected chi connectivity index (χ3v) is 4.57. The first-order valence-corrected chi connectivity index (χ1v) is 7.43. The van der Waals surface area contributed by atoms with Gasteiger partial charge in [0.2, 0.25) is 0 Å². The summed E-state index contributed by atoms with van der Waals surface area (Å²) in [7, 11) is 0. The Balaban J connectivity index is 1.75. The van der Waals surface area contributed by atoms with E-state index in [0.29, 0.717) is 0 Å². The lowest BCUT2D eigenvalue weighted by Gasteiger charge is -2.22. The number of hydrogen-bond donors (Lipinski definition) is 1. The molecule has 0 aliphatic heterocycles. The van der Waals surface area contributed by atoms with E-state index in [2.05, 4.69) is 19.7 Å². The molecule has 0 unspecified atom stereocenters. The van der Waals surface area contributed by atoms with Gasteiger partial charge in [-0.15, -0.1) is 0 Å². The summed E-state index contributed by atoms with van der Waals surface area (Å²) in [6.07, 6.45) is 8.49. The average molecular weight is 262 g/mol. The summed E-state index contributed by atoms with van der Waals surface area (Å²) in [5, 5.41) is 4.60. The third kappa shape index (κ3) is 2.32. The SMILES string of the molecule is Cc1nsc2ncnc(NCC3CCCCC3)c12. The van der Waals surface area contributed by atoms with E-state index < -0.39 is 0 Å². The van der Waals surface area contributed by atoms with Gasteiger partial charge in [-0.3, -0.25) is 0 Å². The van der Waals surface area contributed by atoms with E-state index in [0.717, 1.165) is 34.2 Å². The van der Waals surface area contributed by atoms with Crippen molar-refractivity contribution >= 4 is 27.6 Å². The summed E-state index contributed by atoms with van der Waals surface area (Å²) in [6, 6.07) is 0. The molecule has 0 radical (unpaired) electrons. The van der Waals surface area contributed by atoms with Crippen molar-refractivity contribution < 1.29 is 0 Å². The number of fused-ring (bicyclic) bond motifs is 1. The van der Waals surface area contributed by atoms with Gasteiger partial charge in [-0.1, -0.05) is 19.3 Å². The maximum Gasteiger partial charge on any atom is 0.149 e. The van der Waals surface area contributed by atoms with Crippen LogP contribution in [0.15, 0.2) is 6.33 Å². The molecule has 1 fully saturated rings. The molecule has 0 bridgehead atoms. The number of nitrogens with one attached hydrogen (secondary N) is 1. The average Bonchev–Trinajstić information content (AvgIpc) is 2.80. The van der Waals surface area contributed by atoms with Crippen molar-refractivity contribution in [2.24, 2.45) is 5.92 Å². The Morgan fingerprint density at radius 1 is 1.28 bits per heavy atom. The van der Waals surface area contributed by atoms with Gasteiger partial charge in [0.25, 0.3) is 0 Å². The second-order valence-electron chi connectivity index (χ2n) is 5.06. The van der Waals surface area contributed by atoms with Crippen molar-refractivity contribution in [1.82, 2.24) is 14.3 Å². The van der Waals surface area contributed by atoms with Crippen molar-refractivity contribution in [2.45, 2.75) is 39.0 Å². The molecule has 3 rings (SSSR count). The Morgan fingerprint density at radius 3 is 2.94 bits per heavy atom. The maximum absolute atomic E-state index is 4.37. The fourth-order valence-electron chi connectivity index (χ4n) is 2.69. The molecular formula is C13H18N4S. The predicted octanol–water partition coefficient (Wildman–Crippen LogP) is 3.39. The van der Waals surface area contributed by atoms with Crippen LogP contribution in [0.5, 0.6) is 0 Å². The third-order valence-electron chi connectivity index (χ3n) is 3.73. The van der Waals surface area contributed by atoms with Crippen LogP contribution in [0.4, 0.5) is 5.82 Å². The Morgan fingerprint density at radius 2 is 2.11 bits per heavy atom. The first kappa shape index (κ1) is 11.8. The lowest BCUT2D eigenvalue weighted by molar-refractivity contribution is 0.373. The minimum absolute atomic E-state index is 0.802. The molecule has 5 heteroatoms. The van der Waals surface area contributed by atoms with Crippen LogP contribution in [0.25, 0.3) is 10.2 Å². The molecule has 1 aliphatic rings. The minimum Gasteiger partial charge on any atom is -0.369 e. The van der Waals surface area contributed by atoms with Gasteiger partial charge in [-0.2, -0.15) is 4.37 Å². The molecule has 18 heavy (non-hydrogen) atoms. The van der Waals surface area contributed by atoms with Gasteiger partial charge in [-0.25, -0.2) is 9.97 Å². The molecule has 1 aliphatic carbocycles. The fraction of sp³-hybridized carbons (Fsp3) is 0.615. The van der Waals surface area contributed by atoms with Gasteiger partial charge < -0.3 is 5.32 Å². The standard InChI is InChI=1S/C13H18N4S/c1-9-11-12(15-8-16-13(11)18-17-9)14-7-10-5-3-2-4-6-10/h8,10H,2-7H2,1H3,(H,14,15,16). The number of rotatable bonds is 3. The van der Waals surface area contributed by atoms with E-state index in [1.54, 1.807) is 6.33 Å². The van der Waals surface area contributed by atoms with Crippen LogP contribution >= 0.6 is 11.5 Å². The molecule has 0 amide bonds. The van der Waals surface area contributed by atoms with Crippen molar-refractivity contribution in [2.75, 3.05) is 11.9 Å². The Hall–Kier alpha value is -1.23. The number of aromatic nitrogens is 3. The zero-order valence-electron chi connectivity index (χ0n) is 10.6. The van der Waals surface area contributed by atoms with Crippen LogP contribution in [0.3, 0.4) is 0 Å². The number of nitrogens with zero attached hydrogens (tertiary/aromatic N) is 3. The molecule has 0 spiro atoms. The van der Waals surface area contributed by atoms with Crippen molar-refractivity contribution in [1.29, 1.82) is 0 Å². The number of aryl methyl sites for hydroxylation is 1. The number of anilines is 1. The summed E-state index contributed by atoms with van der Waals surface area (Å²) in [4.78, 5) is 9.61. The van der Waals surface area contributed by atoms with Crippen LogP contribution in [-0.4, -0.2) is 20.9 Å². The molecule has 1 saturated carbocycles. The number of hydrogen-bond acceptors (Lipinski definition) is 5. The highest BCUT2D eigenvalue weighted by Crippen LogP contribution is 2.27. The Bertz CT molecular complexity index is 531. The predicted molar refractivity (Wildman–Crippen MR) is 75.0 cm³/mol. The largest absolute Gasteiger partial charge is 0.369 e. The quantitative estimate of drug-likeness (QED) is 0.921. The smallest absolute Gasteiger partial charge is 0.149 e. The molecule has 96 valence electrons. The highest BCUT2D eigenvalue weighted by atomic mass is 32.1. The Kier molecular flexibility index (Phi) is 3.41. The second-order valence-corrected chi connectivity index (χ2v) is 5.81. The second kappa shape index (κ2) is 5.18. The molecule has 2 aromatic rings. The van der Waals surface area contributed by atoms with Gasteiger partial charge in [0, 0.05) is 6.54 Å². The van der Waals surface area contributed by atoms with Gasteiger partial charge in [0.1, 0.15) is 17.0 Å². The first-order valence-electron chi connectivity index (χ1n) is 6.65. The molecule has 2 heterocycles. The van der Waals surface area contributed by atoms with Crippen LogP contribution in [-0.2, 0) is 0 Å². The summed E-state index contributed by atoms with van der Waals surface area (Å²) in [6.45, 7) is 3.05. The first-order chi connectivity index (χ1) is 8.84. The molecule has 0 aromatic carbocycles. The zero-order chi connectivity index (χ0) is 12.4. The van der Waals surface area contributed by atoms with Crippen molar-refractivity contribution in [3.05, 3.63) is 12.0 Å². The topological polar surface area (TPSA) is 50.7 Å². The lowest BCUT2D eigenvalue weighted by atomic mass is 9.89. The fourth-order valence-corrected chi connectivity index (χ4v) is 3.43. The Labute approximate surface area is 111 Å². The van der Waals surface area contributed by atoms with E-state index in [1.807, 2.05) is 6.92 Å². The molecular weight excluding hydrogens is 244 g/mol. The van der Waals surface area contributed by atoms with Gasteiger partial charge in [-0.05, 0) is 37.2 Å². The highest BCUT2D eigenvalue weighted by molar-refractivity contribution is 7.13. The van der Waals surface area contributed by atoms with E-state index in [4.69, 9.17) is 0 Å². The summed E-state index contributed by atoms with van der Waals surface area (Å²) < 4.78 is 4.35. The van der Waals surface area contributed by atoms with Crippen LogP contribution < -0.4 is 5.32 Å². The molecule has 1 N–H and O–H groups in total. The van der Waals surface area contributed by atoms with Gasteiger partial charge in [0.15, 0.2) is 0 Å². The van der Waals surface area contributed by atoms with Crippen LogP contribution in [0.2, 0.25) is 0 Å². The van der Waals surface area contributed by atoms with E-state index in [9.17, 15) is 0 Å². The van der Waals surface area contributed by atoms with Gasteiger partial charge >= 0.3 is 0 Å². The van der Waals surface area contributed by atoms with Crippen LogP contribution in [0, 0.1) is 12.8 Å². The molecule has 0 saturated heterocycles. The summed E-state index contributed by atoms with van der Waals surface area (Å²) in [5.41, 5.74) is 1.03. The van der Waals surface area contributed by atoms with E-state index >= 15 is 0 Å². The lowest BCUT2D eigenvalue weighted by Crippen LogP contribution is -2.17. The van der Waals surface area contributed by atoms with Gasteiger partial charge in [0.05, 0.1) is 11.1 Å². The normalized spacial score (nSPS) is 17.2. The van der Waals surface area contributed by atoms with E-state index in [1.165, 1.54) is 43.6 Å².